The van der Waals surface area contributed by atoms with Gasteiger partial charge in [0.15, 0.2) is 0 Å². The highest BCUT2D eigenvalue weighted by molar-refractivity contribution is 6.30. The van der Waals surface area contributed by atoms with Crippen molar-refractivity contribution in [3.05, 3.63) is 99.3 Å². The first-order chi connectivity index (χ1) is 15.1. The van der Waals surface area contributed by atoms with E-state index in [0.717, 1.165) is 0 Å². The second kappa shape index (κ2) is 8.22. The number of rotatable bonds is 5. The van der Waals surface area contributed by atoms with Crippen LogP contribution in [-0.4, -0.2) is 24.1 Å². The maximum atomic E-state index is 14.0. The van der Waals surface area contributed by atoms with E-state index >= 15 is 0 Å². The number of ether oxygens (including phenoxy) is 1. The van der Waals surface area contributed by atoms with Crippen LogP contribution in [0.1, 0.15) is 33.9 Å². The predicted molar refractivity (Wildman–Crippen MR) is 114 cm³/mol. The molecule has 0 saturated heterocycles. The Morgan fingerprint density at radius 3 is 2.44 bits per heavy atom. The number of hydrogen-bond acceptors (Lipinski definition) is 3. The summed E-state index contributed by atoms with van der Waals surface area (Å²) in [5, 5.41) is 11.0. The Kier molecular flexibility index (Phi) is 5.73. The largest absolute Gasteiger partial charge is 0.490 e. The molecule has 1 heterocycles. The van der Waals surface area contributed by atoms with E-state index < -0.39 is 30.2 Å². The van der Waals surface area contributed by atoms with E-state index in [0.29, 0.717) is 27.3 Å². The topological polar surface area (TPSA) is 41.8 Å². The lowest BCUT2D eigenvalue weighted by molar-refractivity contribution is -0.275. The monoisotopic (exact) mass is 463 g/mol. The summed E-state index contributed by atoms with van der Waals surface area (Å²) in [5.74, 6) is -0.240. The van der Waals surface area contributed by atoms with Crippen LogP contribution in [-0.2, 0) is 5.60 Å². The van der Waals surface area contributed by atoms with Crippen molar-refractivity contribution in [2.45, 2.75) is 24.7 Å². The Bertz CT molecular complexity index is 1180. The van der Waals surface area contributed by atoms with Crippen molar-refractivity contribution in [1.29, 1.82) is 0 Å². The lowest BCUT2D eigenvalue weighted by atomic mass is 9.89. The fraction of sp³-hybridized carbons (Fsp3) is 0.208. The molecule has 3 aromatic carbocycles. The van der Waals surface area contributed by atoms with Crippen LogP contribution >= 0.6 is 11.6 Å². The van der Waals surface area contributed by atoms with Gasteiger partial charge in [-0.15, -0.1) is 0 Å². The molecule has 166 valence electrons. The molecule has 0 amide bonds. The van der Waals surface area contributed by atoms with Gasteiger partial charge in [0.2, 0.25) is 5.60 Å². The molecule has 32 heavy (non-hydrogen) atoms. The number of alkyl halides is 3. The Morgan fingerprint density at radius 2 is 1.75 bits per heavy atom. The number of aliphatic imine (C=N–C) groups is 1. The molecule has 0 fully saturated rings. The summed E-state index contributed by atoms with van der Waals surface area (Å²) >= 11 is 5.91. The van der Waals surface area contributed by atoms with Crippen LogP contribution in [0, 0.1) is 12.7 Å². The van der Waals surface area contributed by atoms with E-state index in [2.05, 4.69) is 4.99 Å². The summed E-state index contributed by atoms with van der Waals surface area (Å²) < 4.78 is 60.5. The summed E-state index contributed by atoms with van der Waals surface area (Å²) in [5.41, 5.74) is -1.22. The van der Waals surface area contributed by atoms with Crippen LogP contribution in [0.4, 0.5) is 17.6 Å². The van der Waals surface area contributed by atoms with Gasteiger partial charge in [0.05, 0.1) is 0 Å². The fourth-order valence-electron chi connectivity index (χ4n) is 3.58. The quantitative estimate of drug-likeness (QED) is 0.462. The predicted octanol–water partition coefficient (Wildman–Crippen LogP) is 6.14. The van der Waals surface area contributed by atoms with Crippen LogP contribution in [0.15, 0.2) is 65.7 Å². The van der Waals surface area contributed by atoms with Crippen molar-refractivity contribution in [2.75, 3.05) is 6.61 Å². The molecular weight excluding hydrogens is 446 g/mol. The first kappa shape index (κ1) is 22.3. The van der Waals surface area contributed by atoms with Crippen LogP contribution in [0.2, 0.25) is 5.02 Å². The van der Waals surface area contributed by atoms with Crippen molar-refractivity contribution in [2.24, 2.45) is 4.99 Å². The zero-order valence-corrected chi connectivity index (χ0v) is 17.6. The molecule has 0 radical (unpaired) electrons. The third-order valence-electron chi connectivity index (χ3n) is 5.46. The van der Waals surface area contributed by atoms with Crippen LogP contribution in [0.5, 0.6) is 5.75 Å². The fourth-order valence-corrected chi connectivity index (χ4v) is 3.74. The second-order valence-corrected chi connectivity index (χ2v) is 8.07. The number of aryl methyl sites for hydroxylation is 1. The smallest absolute Gasteiger partial charge is 0.424 e. The molecule has 0 spiro atoms. The second-order valence-electron chi connectivity index (χ2n) is 7.63. The molecule has 0 aromatic heterocycles. The van der Waals surface area contributed by atoms with Crippen molar-refractivity contribution in [1.82, 2.24) is 0 Å². The van der Waals surface area contributed by atoms with E-state index in [1.54, 1.807) is 31.2 Å². The third kappa shape index (κ3) is 4.10. The summed E-state index contributed by atoms with van der Waals surface area (Å²) in [7, 11) is 0. The molecule has 4 rings (SSSR count). The minimum absolute atomic E-state index is 0.152. The van der Waals surface area contributed by atoms with Crippen molar-refractivity contribution in [3.63, 3.8) is 0 Å². The first-order valence-electron chi connectivity index (χ1n) is 9.69. The van der Waals surface area contributed by atoms with Crippen LogP contribution in [0.25, 0.3) is 0 Å². The molecule has 3 aromatic rings. The summed E-state index contributed by atoms with van der Waals surface area (Å²) in [6, 6.07) is 13.9. The minimum atomic E-state index is -5.00. The summed E-state index contributed by atoms with van der Waals surface area (Å²) in [6.45, 7) is 0.620. The van der Waals surface area contributed by atoms with E-state index in [4.69, 9.17) is 16.3 Å². The number of fused-ring (bicyclic) bond motifs is 1. The van der Waals surface area contributed by atoms with Crippen LogP contribution < -0.4 is 4.74 Å². The Morgan fingerprint density at radius 1 is 1.03 bits per heavy atom. The maximum Gasteiger partial charge on any atom is 0.424 e. The summed E-state index contributed by atoms with van der Waals surface area (Å²) in [6.07, 6.45) is -3.55. The number of hydrogen-bond donors (Lipinski definition) is 1. The van der Waals surface area contributed by atoms with Gasteiger partial charge in [0, 0.05) is 11.2 Å². The summed E-state index contributed by atoms with van der Waals surface area (Å²) in [4.78, 5) is 4.35. The van der Waals surface area contributed by atoms with Crippen molar-refractivity contribution in [3.8, 4) is 5.75 Å². The van der Waals surface area contributed by atoms with Gasteiger partial charge in [-0.2, -0.15) is 13.2 Å². The van der Waals surface area contributed by atoms with E-state index in [1.165, 1.54) is 42.6 Å². The van der Waals surface area contributed by atoms with Crippen molar-refractivity contribution >= 4 is 17.8 Å². The molecule has 0 bridgehead atoms. The highest BCUT2D eigenvalue weighted by Gasteiger charge is 2.56. The molecule has 8 heteroatoms. The molecule has 2 atom stereocenters. The average Bonchev–Trinajstić information content (AvgIpc) is 3.17. The number of nitrogens with zero attached hydrogens (tertiary/aromatic N) is 1. The van der Waals surface area contributed by atoms with Gasteiger partial charge in [0.25, 0.3) is 0 Å². The van der Waals surface area contributed by atoms with Gasteiger partial charge in [0.1, 0.15) is 24.2 Å². The molecule has 1 aliphatic heterocycles. The van der Waals surface area contributed by atoms with Gasteiger partial charge in [-0.3, -0.25) is 4.99 Å². The van der Waals surface area contributed by atoms with E-state index in [1.807, 2.05) is 0 Å². The molecule has 0 saturated carbocycles. The van der Waals surface area contributed by atoms with E-state index in [-0.39, 0.29) is 11.3 Å². The molecule has 1 aliphatic rings. The number of halogens is 5. The van der Waals surface area contributed by atoms with Gasteiger partial charge >= 0.3 is 6.18 Å². The molecule has 3 nitrogen and oxygen atoms in total. The zero-order chi connectivity index (χ0) is 23.1. The van der Waals surface area contributed by atoms with Gasteiger partial charge in [-0.25, -0.2) is 4.39 Å². The highest BCUT2D eigenvalue weighted by atomic mass is 35.5. The average molecular weight is 464 g/mol. The SMILES string of the molecule is Cc1ccc(Cl)cc1OCC(O)(c1ccc2c(c1)C=NC2c1ccc(F)cc1)C(F)(F)F. The van der Waals surface area contributed by atoms with Gasteiger partial charge < -0.3 is 9.84 Å². The maximum absolute atomic E-state index is 14.0. The zero-order valence-electron chi connectivity index (χ0n) is 16.8. The van der Waals surface area contributed by atoms with Crippen molar-refractivity contribution < 1.29 is 27.4 Å². The highest BCUT2D eigenvalue weighted by Crippen LogP contribution is 2.42. The third-order valence-corrected chi connectivity index (χ3v) is 5.70. The number of benzene rings is 3. The molecular formula is C24H18ClF4NO2. The van der Waals surface area contributed by atoms with Crippen LogP contribution in [0.3, 0.4) is 0 Å². The number of aliphatic hydroxyl groups is 1. The lowest BCUT2D eigenvalue weighted by Gasteiger charge is -2.31. The molecule has 0 aliphatic carbocycles. The van der Waals surface area contributed by atoms with Gasteiger partial charge in [-0.1, -0.05) is 41.9 Å². The normalized spacial score (nSPS) is 17.2. The Labute approximate surface area is 186 Å². The molecule has 1 N–H and O–H groups in total. The minimum Gasteiger partial charge on any atom is -0.490 e. The standard InChI is InChI=1S/C24H18ClF4NO2/c1-14-2-6-18(25)11-21(14)32-13-23(31,24(27,28)29)17-5-9-20-16(10-17)12-30-22(20)15-3-7-19(26)8-4-15/h2-12,22,31H,13H2,1H3. The Hall–Kier alpha value is -2.90. The van der Waals surface area contributed by atoms with E-state index in [9.17, 15) is 22.7 Å². The first-order valence-corrected chi connectivity index (χ1v) is 10.1. The molecule has 2 unspecified atom stereocenters. The lowest BCUT2D eigenvalue weighted by Crippen LogP contribution is -2.47. The van der Waals surface area contributed by atoms with Gasteiger partial charge in [-0.05, 0) is 65.1 Å². The Balaban J connectivity index is 1.65.